The summed E-state index contributed by atoms with van der Waals surface area (Å²) in [6, 6.07) is 0. The molecule has 0 aliphatic rings. The number of thiazole rings is 1. The zero-order valence-electron chi connectivity index (χ0n) is 4.28. The average Bonchev–Trinajstić information content (AvgIpc) is 2.37. The molecule has 48 valence electrons. The molecule has 1 N–H and O–H groups in total. The maximum Gasteiger partial charge on any atom is 0.204 e. The highest BCUT2D eigenvalue weighted by molar-refractivity contribution is 7.13. The zero-order chi connectivity index (χ0) is 6.69. The molecule has 1 heterocycles. The van der Waals surface area contributed by atoms with Gasteiger partial charge >= 0.3 is 0 Å². The molecule has 0 atom stereocenters. The number of hydrogen-bond acceptors (Lipinski definition) is 4. The minimum Gasteiger partial charge on any atom is -0.410 e. The Morgan fingerprint density at radius 3 is 3.11 bits per heavy atom. The van der Waals surface area contributed by atoms with E-state index in [-0.39, 0.29) is 5.17 Å². The van der Waals surface area contributed by atoms with Crippen LogP contribution < -0.4 is 0 Å². The number of oxime groups is 1. The van der Waals surface area contributed by atoms with Gasteiger partial charge in [0.25, 0.3) is 0 Å². The van der Waals surface area contributed by atoms with E-state index >= 15 is 0 Å². The van der Waals surface area contributed by atoms with Gasteiger partial charge in [0.1, 0.15) is 0 Å². The third kappa shape index (κ3) is 1.40. The van der Waals surface area contributed by atoms with Crippen molar-refractivity contribution in [2.75, 3.05) is 0 Å². The van der Waals surface area contributed by atoms with Crippen LogP contribution in [-0.4, -0.2) is 15.4 Å². The van der Waals surface area contributed by atoms with Crippen molar-refractivity contribution in [3.05, 3.63) is 16.6 Å². The van der Waals surface area contributed by atoms with Crippen molar-refractivity contribution in [1.29, 1.82) is 0 Å². The second kappa shape index (κ2) is 2.80. The van der Waals surface area contributed by atoms with Gasteiger partial charge < -0.3 is 5.21 Å². The average molecular weight is 163 g/mol. The molecule has 0 aliphatic heterocycles. The lowest BCUT2D eigenvalue weighted by atomic mass is 10.8. The molecule has 0 radical (unpaired) electrons. The fraction of sp³-hybridized carbons (Fsp3) is 0. The van der Waals surface area contributed by atoms with Crippen LogP contribution in [0.4, 0.5) is 0 Å². The molecule has 0 aromatic carbocycles. The van der Waals surface area contributed by atoms with E-state index in [1.54, 1.807) is 11.6 Å². The van der Waals surface area contributed by atoms with Crippen LogP contribution in [0.1, 0.15) is 5.01 Å². The van der Waals surface area contributed by atoms with E-state index in [9.17, 15) is 0 Å². The highest BCUT2D eigenvalue weighted by atomic mass is 35.5. The predicted octanol–water partition coefficient (Wildman–Crippen LogP) is 1.52. The molecule has 9 heavy (non-hydrogen) atoms. The summed E-state index contributed by atoms with van der Waals surface area (Å²) in [7, 11) is 0. The van der Waals surface area contributed by atoms with Gasteiger partial charge in [0.2, 0.25) is 5.17 Å². The van der Waals surface area contributed by atoms with E-state index < -0.39 is 0 Å². The second-order valence-electron chi connectivity index (χ2n) is 1.23. The molecule has 0 unspecified atom stereocenters. The summed E-state index contributed by atoms with van der Waals surface area (Å²) in [5.74, 6) is 0. The Bertz CT molecular complexity index is 208. The Labute approximate surface area is 60.6 Å². The molecule has 0 aliphatic carbocycles. The Balaban J connectivity index is 2.90. The summed E-state index contributed by atoms with van der Waals surface area (Å²) in [5, 5.41) is 13.2. The van der Waals surface area contributed by atoms with E-state index in [4.69, 9.17) is 16.8 Å². The van der Waals surface area contributed by atoms with Crippen LogP contribution in [0, 0.1) is 0 Å². The summed E-state index contributed by atoms with van der Waals surface area (Å²) in [5.41, 5.74) is 0. The van der Waals surface area contributed by atoms with E-state index in [0.29, 0.717) is 5.01 Å². The lowest BCUT2D eigenvalue weighted by molar-refractivity contribution is 0.321. The Morgan fingerprint density at radius 1 is 1.89 bits per heavy atom. The van der Waals surface area contributed by atoms with Crippen molar-refractivity contribution >= 4 is 28.1 Å². The van der Waals surface area contributed by atoms with Gasteiger partial charge in [-0.2, -0.15) is 0 Å². The monoisotopic (exact) mass is 162 g/mol. The van der Waals surface area contributed by atoms with Gasteiger partial charge in [0.05, 0.1) is 0 Å². The normalized spacial score (nSPS) is 11.9. The quantitative estimate of drug-likeness (QED) is 0.387. The highest BCUT2D eigenvalue weighted by Crippen LogP contribution is 2.07. The van der Waals surface area contributed by atoms with Gasteiger partial charge in [-0.3, -0.25) is 0 Å². The molecule has 1 aromatic heterocycles. The molecule has 0 fully saturated rings. The number of hydrogen-bond donors (Lipinski definition) is 1. The van der Waals surface area contributed by atoms with Crippen molar-refractivity contribution in [3.8, 4) is 0 Å². The third-order valence-electron chi connectivity index (χ3n) is 0.697. The van der Waals surface area contributed by atoms with Crippen LogP contribution in [0.15, 0.2) is 16.7 Å². The van der Waals surface area contributed by atoms with Crippen molar-refractivity contribution in [1.82, 2.24) is 4.98 Å². The van der Waals surface area contributed by atoms with Gasteiger partial charge in [-0.15, -0.1) is 11.3 Å². The van der Waals surface area contributed by atoms with Gasteiger partial charge in [0.15, 0.2) is 5.01 Å². The Kier molecular flexibility index (Phi) is 2.02. The summed E-state index contributed by atoms with van der Waals surface area (Å²) < 4.78 is 0. The van der Waals surface area contributed by atoms with Crippen molar-refractivity contribution < 1.29 is 5.21 Å². The molecule has 3 nitrogen and oxygen atoms in total. The largest absolute Gasteiger partial charge is 0.410 e. The minimum absolute atomic E-state index is 0.0324. The van der Waals surface area contributed by atoms with Gasteiger partial charge in [-0.1, -0.05) is 16.8 Å². The maximum absolute atomic E-state index is 8.13. The Hall–Kier alpha value is -0.610. The summed E-state index contributed by atoms with van der Waals surface area (Å²) in [6.07, 6.45) is 1.59. The summed E-state index contributed by atoms with van der Waals surface area (Å²) in [6.45, 7) is 0. The first-order chi connectivity index (χ1) is 4.34. The van der Waals surface area contributed by atoms with E-state index in [0.717, 1.165) is 0 Å². The van der Waals surface area contributed by atoms with Crippen LogP contribution >= 0.6 is 22.9 Å². The Morgan fingerprint density at radius 2 is 2.67 bits per heavy atom. The van der Waals surface area contributed by atoms with Crippen LogP contribution in [0.3, 0.4) is 0 Å². The lowest BCUT2D eigenvalue weighted by Gasteiger charge is -1.82. The zero-order valence-corrected chi connectivity index (χ0v) is 5.85. The smallest absolute Gasteiger partial charge is 0.204 e. The topological polar surface area (TPSA) is 45.5 Å². The fourth-order valence-corrected chi connectivity index (χ4v) is 1.06. The highest BCUT2D eigenvalue weighted by Gasteiger charge is 2.00. The first-order valence-electron chi connectivity index (χ1n) is 2.12. The van der Waals surface area contributed by atoms with Gasteiger partial charge in [0, 0.05) is 11.6 Å². The molecular formula is C4H3ClN2OS. The van der Waals surface area contributed by atoms with Crippen molar-refractivity contribution in [2.24, 2.45) is 5.16 Å². The van der Waals surface area contributed by atoms with Crippen LogP contribution in [0.25, 0.3) is 0 Å². The second-order valence-corrected chi connectivity index (χ2v) is 2.48. The predicted molar refractivity (Wildman–Crippen MR) is 36.3 cm³/mol. The molecule has 0 spiro atoms. The number of halogens is 1. The minimum atomic E-state index is 0.0324. The van der Waals surface area contributed by atoms with Gasteiger partial charge in [-0.05, 0) is 0 Å². The molecular weight excluding hydrogens is 160 g/mol. The standard InChI is InChI=1S/C4H3ClN2OS/c5-3(7-8)4-6-1-2-9-4/h1-2,8H. The molecule has 0 bridgehead atoms. The fourth-order valence-electron chi connectivity index (χ4n) is 0.368. The molecule has 0 saturated heterocycles. The third-order valence-corrected chi connectivity index (χ3v) is 1.84. The van der Waals surface area contributed by atoms with Crippen LogP contribution in [0.2, 0.25) is 0 Å². The SMILES string of the molecule is ON=C(Cl)c1nccs1. The lowest BCUT2D eigenvalue weighted by Crippen LogP contribution is -1.87. The number of aromatic nitrogens is 1. The maximum atomic E-state index is 8.13. The van der Waals surface area contributed by atoms with Crippen LogP contribution in [-0.2, 0) is 0 Å². The molecule has 1 rings (SSSR count). The first kappa shape index (κ1) is 6.51. The summed E-state index contributed by atoms with van der Waals surface area (Å²) >= 11 is 6.70. The molecule has 5 heteroatoms. The number of rotatable bonds is 1. The van der Waals surface area contributed by atoms with Crippen molar-refractivity contribution in [3.63, 3.8) is 0 Å². The van der Waals surface area contributed by atoms with Crippen LogP contribution in [0.5, 0.6) is 0 Å². The van der Waals surface area contributed by atoms with Gasteiger partial charge in [-0.25, -0.2) is 4.98 Å². The first-order valence-corrected chi connectivity index (χ1v) is 3.38. The molecule has 1 aromatic rings. The van der Waals surface area contributed by atoms with Crippen molar-refractivity contribution in [2.45, 2.75) is 0 Å². The van der Waals surface area contributed by atoms with E-state index in [1.807, 2.05) is 0 Å². The van der Waals surface area contributed by atoms with E-state index in [2.05, 4.69) is 10.1 Å². The van der Waals surface area contributed by atoms with E-state index in [1.165, 1.54) is 11.3 Å². The molecule has 0 amide bonds. The summed E-state index contributed by atoms with van der Waals surface area (Å²) in [4.78, 5) is 3.78. The molecule has 0 saturated carbocycles. The number of nitrogens with zero attached hydrogens (tertiary/aromatic N) is 2.